The molecule has 1 amide bonds. The predicted octanol–water partition coefficient (Wildman–Crippen LogP) is 2.63. The molecule has 0 unspecified atom stereocenters. The third-order valence-electron chi connectivity index (χ3n) is 4.96. The van der Waals surface area contributed by atoms with Crippen LogP contribution in [-0.4, -0.2) is 41.6 Å². The number of carbonyl (C=O) groups is 1. The van der Waals surface area contributed by atoms with Crippen molar-refractivity contribution in [1.29, 1.82) is 5.26 Å². The van der Waals surface area contributed by atoms with Crippen molar-refractivity contribution in [2.24, 2.45) is 0 Å². The molecule has 26 heavy (non-hydrogen) atoms. The minimum atomic E-state index is -0.207. The van der Waals surface area contributed by atoms with Gasteiger partial charge in [-0.3, -0.25) is 9.69 Å². The van der Waals surface area contributed by atoms with Gasteiger partial charge in [-0.05, 0) is 49.7 Å². The number of methoxy groups -OCH3 is 1. The first-order chi connectivity index (χ1) is 12.6. The van der Waals surface area contributed by atoms with E-state index in [1.807, 2.05) is 59.8 Å². The van der Waals surface area contributed by atoms with E-state index in [9.17, 15) is 10.1 Å². The van der Waals surface area contributed by atoms with E-state index in [4.69, 9.17) is 4.74 Å². The molecule has 0 N–H and O–H groups in total. The molecule has 2 heterocycles. The molecule has 0 spiro atoms. The van der Waals surface area contributed by atoms with Crippen molar-refractivity contribution in [2.45, 2.75) is 33.0 Å². The Bertz CT molecular complexity index is 819. The summed E-state index contributed by atoms with van der Waals surface area (Å²) in [4.78, 5) is 16.9. The van der Waals surface area contributed by atoms with Crippen LogP contribution in [0.5, 0.6) is 5.75 Å². The largest absolute Gasteiger partial charge is 0.497 e. The van der Waals surface area contributed by atoms with Crippen LogP contribution in [-0.2, 0) is 17.9 Å². The van der Waals surface area contributed by atoms with Crippen molar-refractivity contribution in [2.75, 3.05) is 25.1 Å². The zero-order valence-corrected chi connectivity index (χ0v) is 15.5. The number of rotatable bonds is 5. The summed E-state index contributed by atoms with van der Waals surface area (Å²) in [6.45, 7) is 6.84. The third-order valence-corrected chi connectivity index (χ3v) is 4.96. The van der Waals surface area contributed by atoms with Gasteiger partial charge in [-0.25, -0.2) is 0 Å². The van der Waals surface area contributed by atoms with Gasteiger partial charge in [0.1, 0.15) is 17.5 Å². The van der Waals surface area contributed by atoms with Gasteiger partial charge >= 0.3 is 0 Å². The van der Waals surface area contributed by atoms with E-state index in [1.165, 1.54) is 0 Å². The van der Waals surface area contributed by atoms with Crippen LogP contribution < -0.4 is 9.64 Å². The number of aromatic nitrogens is 1. The first-order valence-electron chi connectivity index (χ1n) is 8.86. The van der Waals surface area contributed by atoms with Gasteiger partial charge in [0, 0.05) is 38.1 Å². The average Bonchev–Trinajstić information content (AvgIpc) is 3.08. The fraction of sp³-hybridized carbons (Fsp3) is 0.400. The number of benzene rings is 1. The monoisotopic (exact) mass is 352 g/mol. The number of nitriles is 1. The van der Waals surface area contributed by atoms with Crippen molar-refractivity contribution >= 4 is 11.6 Å². The van der Waals surface area contributed by atoms with Gasteiger partial charge in [0.15, 0.2) is 0 Å². The minimum Gasteiger partial charge on any atom is -0.497 e. The molecular formula is C20H24N4O2. The summed E-state index contributed by atoms with van der Waals surface area (Å²) in [5, 5.41) is 9.21. The van der Waals surface area contributed by atoms with Crippen molar-refractivity contribution in [1.82, 2.24) is 9.47 Å². The lowest BCUT2D eigenvalue weighted by Crippen LogP contribution is -2.55. The molecule has 1 aliphatic heterocycles. The number of amides is 1. The average molecular weight is 352 g/mol. The second kappa shape index (κ2) is 7.63. The maximum absolute atomic E-state index is 12.9. The lowest BCUT2D eigenvalue weighted by Gasteiger charge is -2.39. The number of hydrogen-bond donors (Lipinski definition) is 0. The van der Waals surface area contributed by atoms with Crippen LogP contribution in [0.15, 0.2) is 36.5 Å². The second-order valence-electron chi connectivity index (χ2n) is 6.47. The van der Waals surface area contributed by atoms with Gasteiger partial charge < -0.3 is 14.2 Å². The Morgan fingerprint density at radius 2 is 2.00 bits per heavy atom. The van der Waals surface area contributed by atoms with Crippen LogP contribution in [0.2, 0.25) is 0 Å². The number of aryl methyl sites for hydroxylation is 1. The lowest BCUT2D eigenvalue weighted by atomic mass is 10.1. The Kier molecular flexibility index (Phi) is 5.29. The van der Waals surface area contributed by atoms with Crippen molar-refractivity contribution < 1.29 is 9.53 Å². The van der Waals surface area contributed by atoms with Crippen LogP contribution >= 0.6 is 0 Å². The number of hydrogen-bond acceptors (Lipinski definition) is 4. The van der Waals surface area contributed by atoms with Gasteiger partial charge in [-0.15, -0.1) is 0 Å². The van der Waals surface area contributed by atoms with Gasteiger partial charge in [0.2, 0.25) is 5.91 Å². The molecule has 0 aliphatic carbocycles. The summed E-state index contributed by atoms with van der Waals surface area (Å²) in [7, 11) is 1.63. The maximum Gasteiger partial charge on any atom is 0.244 e. The van der Waals surface area contributed by atoms with Crippen molar-refractivity contribution in [3.05, 3.63) is 47.8 Å². The fourth-order valence-electron chi connectivity index (χ4n) is 3.39. The molecule has 1 aliphatic rings. The van der Waals surface area contributed by atoms with Crippen LogP contribution in [0, 0.1) is 11.3 Å². The Hall–Kier alpha value is -2.78. The number of ether oxygens (including phenoxy) is 1. The van der Waals surface area contributed by atoms with E-state index in [2.05, 4.69) is 11.0 Å². The normalized spacial score (nSPS) is 18.0. The first-order valence-corrected chi connectivity index (χ1v) is 8.86. The van der Waals surface area contributed by atoms with Crippen molar-refractivity contribution in [3.63, 3.8) is 0 Å². The molecule has 1 aromatic carbocycles. The molecule has 1 fully saturated rings. The summed E-state index contributed by atoms with van der Waals surface area (Å²) in [5.41, 5.74) is 2.63. The van der Waals surface area contributed by atoms with Crippen LogP contribution in [0.25, 0.3) is 0 Å². The molecule has 136 valence electrons. The molecule has 6 nitrogen and oxygen atoms in total. The van der Waals surface area contributed by atoms with E-state index in [0.717, 1.165) is 30.1 Å². The number of anilines is 1. The maximum atomic E-state index is 12.9. The molecule has 1 saturated heterocycles. The first kappa shape index (κ1) is 18.0. The van der Waals surface area contributed by atoms with E-state index >= 15 is 0 Å². The summed E-state index contributed by atoms with van der Waals surface area (Å²) in [5.74, 6) is 0.874. The summed E-state index contributed by atoms with van der Waals surface area (Å²) in [6.07, 6.45) is 2.01. The summed E-state index contributed by atoms with van der Waals surface area (Å²) < 4.78 is 7.12. The quantitative estimate of drug-likeness (QED) is 0.830. The highest BCUT2D eigenvalue weighted by molar-refractivity contribution is 5.97. The van der Waals surface area contributed by atoms with Gasteiger partial charge in [0.05, 0.1) is 13.2 Å². The van der Waals surface area contributed by atoms with Gasteiger partial charge in [0.25, 0.3) is 0 Å². The topological polar surface area (TPSA) is 61.5 Å². The standard InChI is InChI=1S/C20H24N4O2/c1-4-22-13-16(11-18(22)12-21)14-23-9-10-24(20(25)15(23)2)17-5-7-19(26-3)8-6-17/h5-8,11,13,15H,4,9-10,14H2,1-3H3/t15-/m1/s1. The fourth-order valence-corrected chi connectivity index (χ4v) is 3.39. The molecule has 2 aromatic rings. The highest BCUT2D eigenvalue weighted by Gasteiger charge is 2.32. The van der Waals surface area contributed by atoms with E-state index in [-0.39, 0.29) is 11.9 Å². The summed E-state index contributed by atoms with van der Waals surface area (Å²) >= 11 is 0. The predicted molar refractivity (Wildman–Crippen MR) is 100 cm³/mol. The summed E-state index contributed by atoms with van der Waals surface area (Å²) in [6, 6.07) is 11.5. The Morgan fingerprint density at radius 3 is 2.58 bits per heavy atom. The number of nitrogens with zero attached hydrogens (tertiary/aromatic N) is 4. The minimum absolute atomic E-state index is 0.0943. The highest BCUT2D eigenvalue weighted by atomic mass is 16.5. The molecular weight excluding hydrogens is 328 g/mol. The van der Waals surface area contributed by atoms with Crippen LogP contribution in [0.3, 0.4) is 0 Å². The van der Waals surface area contributed by atoms with Crippen LogP contribution in [0.4, 0.5) is 5.69 Å². The molecule has 0 saturated carbocycles. The molecule has 3 rings (SSSR count). The number of piperazine rings is 1. The second-order valence-corrected chi connectivity index (χ2v) is 6.47. The van der Waals surface area contributed by atoms with Gasteiger partial charge in [-0.2, -0.15) is 5.26 Å². The third kappa shape index (κ3) is 3.44. The SMILES string of the molecule is CCn1cc(CN2CCN(c3ccc(OC)cc3)C(=O)[C@H]2C)cc1C#N. The van der Waals surface area contributed by atoms with Crippen molar-refractivity contribution in [3.8, 4) is 11.8 Å². The molecule has 0 bridgehead atoms. The zero-order valence-electron chi connectivity index (χ0n) is 15.5. The van der Waals surface area contributed by atoms with Gasteiger partial charge in [-0.1, -0.05) is 0 Å². The molecule has 0 radical (unpaired) electrons. The molecule has 6 heteroatoms. The van der Waals surface area contributed by atoms with E-state index in [1.54, 1.807) is 7.11 Å². The van der Waals surface area contributed by atoms with E-state index < -0.39 is 0 Å². The van der Waals surface area contributed by atoms with Crippen LogP contribution in [0.1, 0.15) is 25.1 Å². The Labute approximate surface area is 154 Å². The smallest absolute Gasteiger partial charge is 0.244 e. The zero-order chi connectivity index (χ0) is 18.7. The number of carbonyl (C=O) groups excluding carboxylic acids is 1. The highest BCUT2D eigenvalue weighted by Crippen LogP contribution is 2.24. The Balaban J connectivity index is 1.71. The molecule has 1 atom stereocenters. The van der Waals surface area contributed by atoms with E-state index in [0.29, 0.717) is 18.8 Å². The molecule has 1 aromatic heterocycles. The lowest BCUT2D eigenvalue weighted by molar-refractivity contribution is -0.125. The Morgan fingerprint density at radius 1 is 1.27 bits per heavy atom.